The molecule has 0 atom stereocenters. The third-order valence-electron chi connectivity index (χ3n) is 6.30. The van der Waals surface area contributed by atoms with E-state index in [0.29, 0.717) is 16.7 Å². The number of alkyl halides is 3. The monoisotopic (exact) mass is 656 g/mol. The lowest BCUT2D eigenvalue weighted by Gasteiger charge is -2.13. The molecule has 0 aliphatic heterocycles. The maximum absolute atomic E-state index is 12.8. The number of carbonyl (C=O) groups is 3. The van der Waals surface area contributed by atoms with E-state index in [-0.39, 0.29) is 23.5 Å². The van der Waals surface area contributed by atoms with Gasteiger partial charge in [0.1, 0.15) is 12.4 Å². The first-order chi connectivity index (χ1) is 21.8. The molecule has 0 heterocycles. The Labute approximate surface area is 261 Å². The van der Waals surface area contributed by atoms with Crippen molar-refractivity contribution in [3.8, 4) is 16.9 Å². The number of alkyl carbamates (subject to hydrolysis) is 1. The Kier molecular flexibility index (Phi) is 10.5. The normalized spacial score (nSPS) is 11.3. The number of benzene rings is 4. The van der Waals surface area contributed by atoms with Crippen LogP contribution in [0.2, 0.25) is 0 Å². The predicted molar refractivity (Wildman–Crippen MR) is 164 cm³/mol. The summed E-state index contributed by atoms with van der Waals surface area (Å²) in [6.07, 6.45) is -5.48. The van der Waals surface area contributed by atoms with E-state index >= 15 is 0 Å². The Morgan fingerprint density at radius 1 is 0.826 bits per heavy atom. The van der Waals surface area contributed by atoms with Crippen LogP contribution in [0.25, 0.3) is 11.1 Å². The van der Waals surface area contributed by atoms with E-state index in [9.17, 15) is 41.1 Å². The average molecular weight is 657 g/mol. The largest absolute Gasteiger partial charge is 0.506 e. The molecule has 0 radical (unpaired) electrons. The number of imide groups is 1. The second-order valence-electron chi connectivity index (χ2n) is 9.70. The van der Waals surface area contributed by atoms with Crippen molar-refractivity contribution in [1.82, 2.24) is 10.6 Å². The first-order valence-corrected chi connectivity index (χ1v) is 15.1. The number of phenolic OH excluding ortho intramolecular Hbond substituents is 1. The molecule has 0 unspecified atom stereocenters. The number of rotatable bonds is 10. The Hall–Kier alpha value is -5.57. The van der Waals surface area contributed by atoms with Crippen molar-refractivity contribution >= 4 is 39.4 Å². The molecule has 0 saturated heterocycles. The molecule has 0 fully saturated rings. The van der Waals surface area contributed by atoms with Gasteiger partial charge < -0.3 is 20.5 Å². The molecule has 4 amide bonds. The van der Waals surface area contributed by atoms with Crippen LogP contribution < -0.4 is 20.7 Å². The highest BCUT2D eigenvalue weighted by Crippen LogP contribution is 2.31. The summed E-state index contributed by atoms with van der Waals surface area (Å²) in [7, 11) is -4.11. The quantitative estimate of drug-likeness (QED) is 0.108. The Balaban J connectivity index is 1.27. The van der Waals surface area contributed by atoms with E-state index in [1.807, 2.05) is 5.32 Å². The SMILES string of the molecule is O=C(NCCS(=O)(=O)Nc1cc(NC(=O)c2ccc(-c3ccc(C(F)(F)F)cc3)cc2)ccc1O)NC(=O)OCc1ccccc1. The molecule has 4 rings (SSSR count). The maximum Gasteiger partial charge on any atom is 0.416 e. The van der Waals surface area contributed by atoms with Crippen molar-refractivity contribution in [2.24, 2.45) is 0 Å². The maximum atomic E-state index is 12.8. The smallest absolute Gasteiger partial charge is 0.416 e. The van der Waals surface area contributed by atoms with Crippen molar-refractivity contribution in [3.63, 3.8) is 0 Å². The molecule has 0 aromatic heterocycles. The van der Waals surface area contributed by atoms with Gasteiger partial charge in [-0.3, -0.25) is 9.52 Å². The Bertz CT molecular complexity index is 1800. The minimum Gasteiger partial charge on any atom is -0.506 e. The molecule has 0 bridgehead atoms. The number of hydrogen-bond donors (Lipinski definition) is 5. The summed E-state index contributed by atoms with van der Waals surface area (Å²) < 4.78 is 70.7. The molecule has 0 spiro atoms. The van der Waals surface area contributed by atoms with Crippen LogP contribution >= 0.6 is 0 Å². The van der Waals surface area contributed by atoms with Crippen molar-refractivity contribution in [2.75, 3.05) is 22.3 Å². The van der Waals surface area contributed by atoms with Gasteiger partial charge in [-0.05, 0) is 59.2 Å². The van der Waals surface area contributed by atoms with Gasteiger partial charge in [0.05, 0.1) is 17.0 Å². The number of sulfonamides is 1. The molecule has 0 aliphatic carbocycles. The third kappa shape index (κ3) is 9.72. The standard InChI is InChI=1S/C31H27F3N4O7S/c32-31(33,34)24-12-10-22(11-13-24)21-6-8-23(9-7-21)28(40)36-25-14-15-27(39)26(18-25)38-46(43,44)17-16-35-29(41)37-30(42)45-19-20-4-2-1-3-5-20/h1-15,18,38-39H,16-17,19H2,(H,36,40)(H2,35,37,41,42). The van der Waals surface area contributed by atoms with Gasteiger partial charge in [-0.25, -0.2) is 23.3 Å². The van der Waals surface area contributed by atoms with Crippen LogP contribution in [0.1, 0.15) is 21.5 Å². The number of amides is 4. The second-order valence-corrected chi connectivity index (χ2v) is 11.5. The highest BCUT2D eigenvalue weighted by Gasteiger charge is 2.30. The lowest BCUT2D eigenvalue weighted by Crippen LogP contribution is -2.41. The fraction of sp³-hybridized carbons (Fsp3) is 0.129. The summed E-state index contributed by atoms with van der Waals surface area (Å²) in [5.41, 5.74) is 1.13. The molecule has 4 aromatic carbocycles. The van der Waals surface area contributed by atoms with Gasteiger partial charge in [0.2, 0.25) is 10.0 Å². The third-order valence-corrected chi connectivity index (χ3v) is 7.57. The van der Waals surface area contributed by atoms with Crippen molar-refractivity contribution in [2.45, 2.75) is 12.8 Å². The van der Waals surface area contributed by atoms with Crippen molar-refractivity contribution in [3.05, 3.63) is 114 Å². The van der Waals surface area contributed by atoms with E-state index < -0.39 is 57.8 Å². The van der Waals surface area contributed by atoms with Gasteiger partial charge in [0.15, 0.2) is 0 Å². The summed E-state index contributed by atoms with van der Waals surface area (Å²) in [5.74, 6) is -1.63. The summed E-state index contributed by atoms with van der Waals surface area (Å²) in [4.78, 5) is 36.4. The number of aromatic hydroxyl groups is 1. The Morgan fingerprint density at radius 3 is 2.09 bits per heavy atom. The molecule has 46 heavy (non-hydrogen) atoms. The zero-order chi connectivity index (χ0) is 33.3. The van der Waals surface area contributed by atoms with Crippen LogP contribution in [0.5, 0.6) is 5.75 Å². The molecule has 240 valence electrons. The summed E-state index contributed by atoms with van der Waals surface area (Å²) in [6.45, 7) is -0.466. The second kappa shape index (κ2) is 14.5. The van der Waals surface area contributed by atoms with Crippen LogP contribution in [0, 0.1) is 0 Å². The van der Waals surface area contributed by atoms with Crippen molar-refractivity contribution < 1.29 is 45.8 Å². The van der Waals surface area contributed by atoms with Gasteiger partial charge in [-0.15, -0.1) is 0 Å². The molecule has 11 nitrogen and oxygen atoms in total. The molecule has 4 aromatic rings. The minimum atomic E-state index is -4.45. The van der Waals surface area contributed by atoms with Crippen LogP contribution in [0.4, 0.5) is 34.1 Å². The zero-order valence-electron chi connectivity index (χ0n) is 23.8. The van der Waals surface area contributed by atoms with Gasteiger partial charge in [-0.2, -0.15) is 13.2 Å². The van der Waals surface area contributed by atoms with E-state index in [2.05, 4.69) is 15.4 Å². The summed E-state index contributed by atoms with van der Waals surface area (Å²) >= 11 is 0. The predicted octanol–water partition coefficient (Wildman–Crippen LogP) is 5.71. The van der Waals surface area contributed by atoms with E-state index in [0.717, 1.165) is 18.2 Å². The van der Waals surface area contributed by atoms with E-state index in [1.54, 1.807) is 42.5 Å². The van der Waals surface area contributed by atoms with Gasteiger partial charge in [0, 0.05) is 17.8 Å². The van der Waals surface area contributed by atoms with Gasteiger partial charge in [-0.1, -0.05) is 54.6 Å². The molecule has 0 saturated carbocycles. The number of ether oxygens (including phenoxy) is 1. The topological polar surface area (TPSA) is 163 Å². The first-order valence-electron chi connectivity index (χ1n) is 13.5. The van der Waals surface area contributed by atoms with Gasteiger partial charge in [0.25, 0.3) is 5.91 Å². The Morgan fingerprint density at radius 2 is 1.46 bits per heavy atom. The molecule has 15 heteroatoms. The minimum absolute atomic E-state index is 0.0700. The molecule has 0 aliphatic rings. The first kappa shape index (κ1) is 33.3. The lowest BCUT2D eigenvalue weighted by atomic mass is 10.0. The highest BCUT2D eigenvalue weighted by molar-refractivity contribution is 7.92. The van der Waals surface area contributed by atoms with Crippen LogP contribution in [0.3, 0.4) is 0 Å². The van der Waals surface area contributed by atoms with Crippen LogP contribution in [-0.4, -0.2) is 43.9 Å². The van der Waals surface area contributed by atoms with Crippen LogP contribution in [-0.2, 0) is 27.5 Å². The summed E-state index contributed by atoms with van der Waals surface area (Å²) in [5, 5.41) is 16.9. The zero-order valence-corrected chi connectivity index (χ0v) is 24.6. The number of hydrogen-bond acceptors (Lipinski definition) is 7. The van der Waals surface area contributed by atoms with Crippen LogP contribution in [0.15, 0.2) is 97.1 Å². The molecular formula is C31H27F3N4O7S. The van der Waals surface area contributed by atoms with E-state index in [4.69, 9.17) is 4.74 Å². The fourth-order valence-corrected chi connectivity index (χ4v) is 4.95. The number of carbonyl (C=O) groups excluding carboxylic acids is 3. The average Bonchev–Trinajstić information content (AvgIpc) is 3.01. The number of anilines is 2. The lowest BCUT2D eigenvalue weighted by molar-refractivity contribution is -0.137. The van der Waals surface area contributed by atoms with E-state index in [1.165, 1.54) is 36.4 Å². The fourth-order valence-electron chi connectivity index (χ4n) is 3.98. The number of urea groups is 1. The van der Waals surface area contributed by atoms with Gasteiger partial charge >= 0.3 is 18.3 Å². The molecular weight excluding hydrogens is 629 g/mol. The number of nitrogens with one attached hydrogen (secondary N) is 4. The van der Waals surface area contributed by atoms with Crippen molar-refractivity contribution in [1.29, 1.82) is 0 Å². The highest BCUT2D eigenvalue weighted by atomic mass is 32.2. The number of halogens is 3. The number of phenols is 1. The summed E-state index contributed by atoms with van der Waals surface area (Å²) in [6, 6.07) is 22.1. The molecule has 5 N–H and O–H groups in total.